The lowest BCUT2D eigenvalue weighted by atomic mass is 10.1. The highest BCUT2D eigenvalue weighted by atomic mass is 16.5. The fourth-order valence-electron chi connectivity index (χ4n) is 1.84. The maximum Gasteiger partial charge on any atom is 0.130 e. The standard InChI is InChI=1S/C15H17NO2/c1-11-10-13(16)6-7-14(11)18-15-5-3-2-4-12(15)8-9-17/h2-7,10,17H,8-9,16H2,1H3. The Labute approximate surface area is 107 Å². The van der Waals surface area contributed by atoms with E-state index in [0.29, 0.717) is 6.42 Å². The van der Waals surface area contributed by atoms with E-state index in [4.69, 9.17) is 15.6 Å². The van der Waals surface area contributed by atoms with Crippen LogP contribution in [-0.2, 0) is 6.42 Å². The molecule has 0 amide bonds. The third kappa shape index (κ3) is 2.81. The van der Waals surface area contributed by atoms with Crippen LogP contribution in [-0.4, -0.2) is 11.7 Å². The van der Waals surface area contributed by atoms with Crippen LogP contribution in [0.15, 0.2) is 42.5 Å². The average molecular weight is 243 g/mol. The summed E-state index contributed by atoms with van der Waals surface area (Å²) in [4.78, 5) is 0. The van der Waals surface area contributed by atoms with E-state index in [0.717, 1.165) is 28.3 Å². The summed E-state index contributed by atoms with van der Waals surface area (Å²) in [7, 11) is 0. The van der Waals surface area contributed by atoms with Crippen molar-refractivity contribution in [1.82, 2.24) is 0 Å². The topological polar surface area (TPSA) is 55.5 Å². The molecule has 0 saturated heterocycles. The second-order valence-corrected chi connectivity index (χ2v) is 4.21. The maximum absolute atomic E-state index is 9.03. The van der Waals surface area contributed by atoms with Crippen molar-refractivity contribution in [3.8, 4) is 11.5 Å². The van der Waals surface area contributed by atoms with Crippen LogP contribution in [0.2, 0.25) is 0 Å². The Bertz CT molecular complexity index is 538. The molecule has 0 aromatic heterocycles. The first-order chi connectivity index (χ1) is 8.70. The normalized spacial score (nSPS) is 10.3. The van der Waals surface area contributed by atoms with Crippen molar-refractivity contribution in [3.05, 3.63) is 53.6 Å². The van der Waals surface area contributed by atoms with E-state index in [2.05, 4.69) is 0 Å². The summed E-state index contributed by atoms with van der Waals surface area (Å²) in [6.07, 6.45) is 0.587. The fourth-order valence-corrected chi connectivity index (χ4v) is 1.84. The molecule has 0 aliphatic carbocycles. The molecule has 0 saturated carbocycles. The highest BCUT2D eigenvalue weighted by Gasteiger charge is 2.06. The Morgan fingerprint density at radius 3 is 2.61 bits per heavy atom. The third-order valence-corrected chi connectivity index (χ3v) is 2.77. The molecule has 0 fully saturated rings. The number of nitrogens with two attached hydrogens (primary N) is 1. The number of benzene rings is 2. The quantitative estimate of drug-likeness (QED) is 0.812. The van der Waals surface area contributed by atoms with Gasteiger partial charge in [-0.15, -0.1) is 0 Å². The van der Waals surface area contributed by atoms with Crippen LogP contribution >= 0.6 is 0 Å². The fraction of sp³-hybridized carbons (Fsp3) is 0.200. The number of aryl methyl sites for hydroxylation is 1. The molecule has 3 heteroatoms. The van der Waals surface area contributed by atoms with E-state index in [1.807, 2.05) is 49.4 Å². The van der Waals surface area contributed by atoms with Crippen molar-refractivity contribution in [1.29, 1.82) is 0 Å². The summed E-state index contributed by atoms with van der Waals surface area (Å²) >= 11 is 0. The molecule has 0 radical (unpaired) electrons. The van der Waals surface area contributed by atoms with Gasteiger partial charge in [-0.25, -0.2) is 0 Å². The minimum absolute atomic E-state index is 0.112. The van der Waals surface area contributed by atoms with Gasteiger partial charge in [0.1, 0.15) is 11.5 Å². The SMILES string of the molecule is Cc1cc(N)ccc1Oc1ccccc1CCO. The lowest BCUT2D eigenvalue weighted by molar-refractivity contribution is 0.298. The molecule has 2 aromatic rings. The summed E-state index contributed by atoms with van der Waals surface area (Å²) in [5.74, 6) is 1.56. The molecule has 0 bridgehead atoms. The number of hydrogen-bond acceptors (Lipinski definition) is 3. The van der Waals surface area contributed by atoms with Gasteiger partial charge in [0.05, 0.1) is 0 Å². The molecule has 0 heterocycles. The minimum Gasteiger partial charge on any atom is -0.457 e. The Balaban J connectivity index is 2.28. The Hall–Kier alpha value is -2.00. The van der Waals surface area contributed by atoms with Gasteiger partial charge < -0.3 is 15.6 Å². The molecule has 2 aromatic carbocycles. The zero-order valence-corrected chi connectivity index (χ0v) is 10.4. The van der Waals surface area contributed by atoms with Gasteiger partial charge in [0.2, 0.25) is 0 Å². The predicted octanol–water partition coefficient (Wildman–Crippen LogP) is 2.90. The van der Waals surface area contributed by atoms with Crippen molar-refractivity contribution in [2.75, 3.05) is 12.3 Å². The summed E-state index contributed by atoms with van der Waals surface area (Å²) in [5, 5.41) is 9.03. The highest BCUT2D eigenvalue weighted by Crippen LogP contribution is 2.29. The Morgan fingerprint density at radius 1 is 1.11 bits per heavy atom. The lowest BCUT2D eigenvalue weighted by Gasteiger charge is -2.12. The molecule has 3 N–H and O–H groups in total. The van der Waals surface area contributed by atoms with Gasteiger partial charge in [-0.1, -0.05) is 18.2 Å². The van der Waals surface area contributed by atoms with E-state index in [1.54, 1.807) is 0 Å². The minimum atomic E-state index is 0.112. The molecule has 0 aliphatic heterocycles. The number of ether oxygens (including phenoxy) is 1. The zero-order chi connectivity index (χ0) is 13.0. The van der Waals surface area contributed by atoms with Crippen LogP contribution < -0.4 is 10.5 Å². The van der Waals surface area contributed by atoms with Crippen molar-refractivity contribution >= 4 is 5.69 Å². The number of hydrogen-bond donors (Lipinski definition) is 2. The Morgan fingerprint density at radius 2 is 1.89 bits per heavy atom. The summed E-state index contributed by atoms with van der Waals surface area (Å²) in [5.41, 5.74) is 8.43. The monoisotopic (exact) mass is 243 g/mol. The van der Waals surface area contributed by atoms with Crippen molar-refractivity contribution in [2.24, 2.45) is 0 Å². The molecular weight excluding hydrogens is 226 g/mol. The first kappa shape index (κ1) is 12.5. The van der Waals surface area contributed by atoms with Crippen molar-refractivity contribution < 1.29 is 9.84 Å². The van der Waals surface area contributed by atoms with E-state index in [-0.39, 0.29) is 6.61 Å². The molecular formula is C15H17NO2. The molecule has 18 heavy (non-hydrogen) atoms. The second kappa shape index (κ2) is 5.56. The largest absolute Gasteiger partial charge is 0.457 e. The van der Waals surface area contributed by atoms with Gasteiger partial charge in [-0.05, 0) is 48.7 Å². The van der Waals surface area contributed by atoms with Crippen LogP contribution in [0, 0.1) is 6.92 Å². The summed E-state index contributed by atoms with van der Waals surface area (Å²) < 4.78 is 5.88. The summed E-state index contributed by atoms with van der Waals surface area (Å²) in [6, 6.07) is 13.3. The first-order valence-corrected chi connectivity index (χ1v) is 5.93. The van der Waals surface area contributed by atoms with Gasteiger partial charge >= 0.3 is 0 Å². The number of rotatable bonds is 4. The van der Waals surface area contributed by atoms with Gasteiger partial charge in [0.15, 0.2) is 0 Å². The van der Waals surface area contributed by atoms with E-state index in [1.165, 1.54) is 0 Å². The van der Waals surface area contributed by atoms with Crippen LogP contribution in [0.5, 0.6) is 11.5 Å². The number of aliphatic hydroxyl groups is 1. The van der Waals surface area contributed by atoms with Crippen LogP contribution in [0.25, 0.3) is 0 Å². The molecule has 94 valence electrons. The van der Waals surface area contributed by atoms with Gasteiger partial charge in [0, 0.05) is 12.3 Å². The molecule has 3 nitrogen and oxygen atoms in total. The Kier molecular flexibility index (Phi) is 3.85. The predicted molar refractivity (Wildman–Crippen MR) is 72.9 cm³/mol. The van der Waals surface area contributed by atoms with Crippen LogP contribution in [0.4, 0.5) is 5.69 Å². The highest BCUT2D eigenvalue weighted by molar-refractivity contribution is 5.49. The molecule has 0 aliphatic rings. The van der Waals surface area contributed by atoms with E-state index >= 15 is 0 Å². The number of nitrogen functional groups attached to an aromatic ring is 1. The molecule has 0 spiro atoms. The van der Waals surface area contributed by atoms with Crippen molar-refractivity contribution in [2.45, 2.75) is 13.3 Å². The van der Waals surface area contributed by atoms with Gasteiger partial charge in [0.25, 0.3) is 0 Å². The lowest BCUT2D eigenvalue weighted by Crippen LogP contribution is -1.96. The molecule has 0 atom stereocenters. The zero-order valence-electron chi connectivity index (χ0n) is 10.4. The number of aliphatic hydroxyl groups excluding tert-OH is 1. The van der Waals surface area contributed by atoms with Crippen molar-refractivity contribution in [3.63, 3.8) is 0 Å². The number of anilines is 1. The van der Waals surface area contributed by atoms with Crippen LogP contribution in [0.1, 0.15) is 11.1 Å². The average Bonchev–Trinajstić information content (AvgIpc) is 2.35. The molecule has 0 unspecified atom stereocenters. The molecule has 2 rings (SSSR count). The third-order valence-electron chi connectivity index (χ3n) is 2.77. The van der Waals surface area contributed by atoms with Gasteiger partial charge in [-0.3, -0.25) is 0 Å². The van der Waals surface area contributed by atoms with Crippen LogP contribution in [0.3, 0.4) is 0 Å². The second-order valence-electron chi connectivity index (χ2n) is 4.21. The van der Waals surface area contributed by atoms with E-state index < -0.39 is 0 Å². The first-order valence-electron chi connectivity index (χ1n) is 5.93. The number of para-hydroxylation sites is 1. The maximum atomic E-state index is 9.03. The smallest absolute Gasteiger partial charge is 0.130 e. The van der Waals surface area contributed by atoms with E-state index in [9.17, 15) is 0 Å². The summed E-state index contributed by atoms with van der Waals surface area (Å²) in [6.45, 7) is 2.07. The van der Waals surface area contributed by atoms with Gasteiger partial charge in [-0.2, -0.15) is 0 Å².